The molecular formula is C22H24FN3O3. The third-order valence-corrected chi connectivity index (χ3v) is 4.12. The van der Waals surface area contributed by atoms with Crippen molar-refractivity contribution in [2.24, 2.45) is 0 Å². The quantitative estimate of drug-likeness (QED) is 0.539. The summed E-state index contributed by atoms with van der Waals surface area (Å²) in [6.45, 7) is 4.70. The molecule has 152 valence electrons. The minimum Gasteiger partial charge on any atom is -0.490 e. The van der Waals surface area contributed by atoms with E-state index in [0.717, 1.165) is 5.69 Å². The van der Waals surface area contributed by atoms with Gasteiger partial charge in [0.1, 0.15) is 11.6 Å². The zero-order valence-corrected chi connectivity index (χ0v) is 16.5. The predicted octanol–water partition coefficient (Wildman–Crippen LogP) is 4.52. The molecule has 0 spiro atoms. The Morgan fingerprint density at radius 3 is 2.48 bits per heavy atom. The molecule has 1 amide bonds. The maximum Gasteiger partial charge on any atom is 0.225 e. The molecule has 0 saturated carbocycles. The first kappa shape index (κ1) is 20.4. The third-order valence-electron chi connectivity index (χ3n) is 4.12. The molecule has 3 aromatic rings. The summed E-state index contributed by atoms with van der Waals surface area (Å²) < 4.78 is 26.0. The van der Waals surface area contributed by atoms with Crippen molar-refractivity contribution >= 4 is 11.7 Å². The number of benzene rings is 2. The number of aryl methyl sites for hydroxylation is 1. The van der Waals surface area contributed by atoms with Gasteiger partial charge in [-0.2, -0.15) is 5.10 Å². The summed E-state index contributed by atoms with van der Waals surface area (Å²) in [4.78, 5) is 12.3. The molecule has 29 heavy (non-hydrogen) atoms. The number of nitrogens with one attached hydrogen (secondary N) is 1. The van der Waals surface area contributed by atoms with E-state index in [4.69, 9.17) is 9.47 Å². The minimum atomic E-state index is -0.325. The second-order valence-corrected chi connectivity index (χ2v) is 6.44. The van der Waals surface area contributed by atoms with Crippen LogP contribution in [-0.4, -0.2) is 28.9 Å². The lowest BCUT2D eigenvalue weighted by atomic mass is 10.3. The molecule has 0 aliphatic rings. The van der Waals surface area contributed by atoms with Crippen molar-refractivity contribution in [3.05, 3.63) is 66.1 Å². The Balaban J connectivity index is 1.53. The van der Waals surface area contributed by atoms with Crippen LogP contribution in [-0.2, 0) is 4.79 Å². The highest BCUT2D eigenvalue weighted by Crippen LogP contribution is 2.26. The van der Waals surface area contributed by atoms with Gasteiger partial charge >= 0.3 is 0 Å². The van der Waals surface area contributed by atoms with Crippen LogP contribution in [0.4, 0.5) is 10.2 Å². The number of amides is 1. The number of ether oxygens (including phenoxy) is 2. The molecule has 0 radical (unpaired) electrons. The molecule has 0 fully saturated rings. The van der Waals surface area contributed by atoms with Crippen molar-refractivity contribution in [1.82, 2.24) is 9.78 Å². The fraction of sp³-hybridized carbons (Fsp3) is 0.273. The normalized spacial score (nSPS) is 10.6. The lowest BCUT2D eigenvalue weighted by molar-refractivity contribution is -0.116. The maximum absolute atomic E-state index is 13.2. The lowest BCUT2D eigenvalue weighted by Crippen LogP contribution is -2.15. The SMILES string of the molecule is CCOc1ccccc1OCCCC(=O)Nc1cc(C)nn1-c1ccc(F)cc1. The van der Waals surface area contributed by atoms with Gasteiger partial charge in [0.25, 0.3) is 0 Å². The van der Waals surface area contributed by atoms with Crippen LogP contribution in [0, 0.1) is 12.7 Å². The van der Waals surface area contributed by atoms with E-state index in [2.05, 4.69) is 10.4 Å². The smallest absolute Gasteiger partial charge is 0.225 e. The van der Waals surface area contributed by atoms with Crippen LogP contribution < -0.4 is 14.8 Å². The Morgan fingerprint density at radius 2 is 1.79 bits per heavy atom. The number of hydrogen-bond acceptors (Lipinski definition) is 4. The van der Waals surface area contributed by atoms with E-state index in [1.54, 1.807) is 22.9 Å². The number of rotatable bonds is 9. The molecule has 0 aliphatic heterocycles. The van der Waals surface area contributed by atoms with Crippen molar-refractivity contribution in [2.45, 2.75) is 26.7 Å². The van der Waals surface area contributed by atoms with Crippen LogP contribution in [0.15, 0.2) is 54.6 Å². The van der Waals surface area contributed by atoms with Crippen LogP contribution >= 0.6 is 0 Å². The molecule has 3 rings (SSSR count). The molecule has 6 nitrogen and oxygen atoms in total. The van der Waals surface area contributed by atoms with E-state index in [1.165, 1.54) is 12.1 Å². The molecule has 1 aromatic heterocycles. The zero-order valence-electron chi connectivity index (χ0n) is 16.5. The Labute approximate surface area is 169 Å². The third kappa shape index (κ3) is 5.57. The van der Waals surface area contributed by atoms with Crippen molar-refractivity contribution in [3.8, 4) is 17.2 Å². The molecule has 0 atom stereocenters. The van der Waals surface area contributed by atoms with Gasteiger partial charge < -0.3 is 14.8 Å². The van der Waals surface area contributed by atoms with Gasteiger partial charge in [0.05, 0.1) is 24.6 Å². The predicted molar refractivity (Wildman–Crippen MR) is 109 cm³/mol. The highest BCUT2D eigenvalue weighted by Gasteiger charge is 2.11. The highest BCUT2D eigenvalue weighted by molar-refractivity contribution is 5.90. The maximum atomic E-state index is 13.2. The Morgan fingerprint density at radius 1 is 1.10 bits per heavy atom. The number of halogens is 1. The van der Waals surface area contributed by atoms with Gasteiger partial charge in [-0.1, -0.05) is 12.1 Å². The number of carbonyl (C=O) groups is 1. The summed E-state index contributed by atoms with van der Waals surface area (Å²) in [5.74, 6) is 1.43. The molecule has 0 aliphatic carbocycles. The largest absolute Gasteiger partial charge is 0.490 e. The van der Waals surface area contributed by atoms with Crippen LogP contribution in [0.2, 0.25) is 0 Å². The van der Waals surface area contributed by atoms with Gasteiger partial charge in [0.2, 0.25) is 5.91 Å². The first-order valence-electron chi connectivity index (χ1n) is 9.54. The molecule has 0 unspecified atom stereocenters. The molecule has 2 aromatic carbocycles. The fourth-order valence-electron chi connectivity index (χ4n) is 2.83. The van der Waals surface area contributed by atoms with Crippen molar-refractivity contribution < 1.29 is 18.7 Å². The number of nitrogens with zero attached hydrogens (tertiary/aromatic N) is 2. The second-order valence-electron chi connectivity index (χ2n) is 6.44. The molecule has 0 bridgehead atoms. The summed E-state index contributed by atoms with van der Waals surface area (Å²) >= 11 is 0. The first-order valence-corrected chi connectivity index (χ1v) is 9.54. The average molecular weight is 397 g/mol. The molecule has 1 heterocycles. The van der Waals surface area contributed by atoms with Gasteiger partial charge in [-0.3, -0.25) is 4.79 Å². The standard InChI is InChI=1S/C22H24FN3O3/c1-3-28-19-7-4-5-8-20(19)29-14-6-9-22(27)24-21-15-16(2)25-26(21)18-12-10-17(23)11-13-18/h4-5,7-8,10-13,15H,3,6,9,14H2,1-2H3,(H,24,27). The summed E-state index contributed by atoms with van der Waals surface area (Å²) in [6, 6.07) is 15.2. The monoisotopic (exact) mass is 397 g/mol. The van der Waals surface area contributed by atoms with E-state index in [-0.39, 0.29) is 11.7 Å². The summed E-state index contributed by atoms with van der Waals surface area (Å²) in [5.41, 5.74) is 1.42. The second kappa shape index (κ2) is 9.73. The van der Waals surface area contributed by atoms with E-state index >= 15 is 0 Å². The Kier molecular flexibility index (Phi) is 6.84. The Hall–Kier alpha value is -3.35. The van der Waals surface area contributed by atoms with Crippen LogP contribution in [0.25, 0.3) is 5.69 Å². The summed E-state index contributed by atoms with van der Waals surface area (Å²) in [7, 11) is 0. The molecule has 7 heteroatoms. The van der Waals surface area contributed by atoms with E-state index in [1.807, 2.05) is 38.1 Å². The molecular weight excluding hydrogens is 373 g/mol. The number of hydrogen-bond donors (Lipinski definition) is 1. The number of carbonyl (C=O) groups excluding carboxylic acids is 1. The summed E-state index contributed by atoms with van der Waals surface area (Å²) in [5, 5.41) is 7.23. The van der Waals surface area contributed by atoms with Crippen molar-refractivity contribution in [2.75, 3.05) is 18.5 Å². The van der Waals surface area contributed by atoms with Gasteiger partial charge in [0.15, 0.2) is 11.5 Å². The average Bonchev–Trinajstić information content (AvgIpc) is 3.07. The zero-order chi connectivity index (χ0) is 20.6. The first-order chi connectivity index (χ1) is 14.1. The van der Waals surface area contributed by atoms with Crippen LogP contribution in [0.5, 0.6) is 11.5 Å². The minimum absolute atomic E-state index is 0.144. The van der Waals surface area contributed by atoms with E-state index < -0.39 is 0 Å². The Bertz CT molecular complexity index is 954. The summed E-state index contributed by atoms with van der Waals surface area (Å²) in [6.07, 6.45) is 0.848. The topological polar surface area (TPSA) is 65.4 Å². The van der Waals surface area contributed by atoms with Crippen LogP contribution in [0.3, 0.4) is 0 Å². The van der Waals surface area contributed by atoms with E-state index in [0.29, 0.717) is 49.1 Å². The molecule has 1 N–H and O–H groups in total. The van der Waals surface area contributed by atoms with Crippen LogP contribution in [0.1, 0.15) is 25.5 Å². The van der Waals surface area contributed by atoms with Gasteiger partial charge in [-0.05, 0) is 56.7 Å². The van der Waals surface area contributed by atoms with Crippen molar-refractivity contribution in [1.29, 1.82) is 0 Å². The number of anilines is 1. The molecule has 0 saturated heterocycles. The number of aromatic nitrogens is 2. The lowest BCUT2D eigenvalue weighted by Gasteiger charge is -2.12. The van der Waals surface area contributed by atoms with E-state index in [9.17, 15) is 9.18 Å². The van der Waals surface area contributed by atoms with Gasteiger partial charge in [-0.15, -0.1) is 0 Å². The van der Waals surface area contributed by atoms with Gasteiger partial charge in [0, 0.05) is 12.5 Å². The van der Waals surface area contributed by atoms with Crippen molar-refractivity contribution in [3.63, 3.8) is 0 Å². The highest BCUT2D eigenvalue weighted by atomic mass is 19.1. The van der Waals surface area contributed by atoms with Gasteiger partial charge in [-0.25, -0.2) is 9.07 Å². The number of para-hydroxylation sites is 2. The fourth-order valence-corrected chi connectivity index (χ4v) is 2.83.